The lowest BCUT2D eigenvalue weighted by atomic mass is 10.1. The molecule has 0 saturated heterocycles. The van der Waals surface area contributed by atoms with Crippen molar-refractivity contribution in [2.24, 2.45) is 0 Å². The summed E-state index contributed by atoms with van der Waals surface area (Å²) >= 11 is 2.98. The van der Waals surface area contributed by atoms with Crippen molar-refractivity contribution in [1.82, 2.24) is 4.57 Å². The molecule has 0 aliphatic heterocycles. The van der Waals surface area contributed by atoms with Crippen LogP contribution in [0, 0.1) is 12.7 Å². The van der Waals surface area contributed by atoms with Crippen molar-refractivity contribution >= 4 is 45.9 Å². The lowest BCUT2D eigenvalue weighted by Gasteiger charge is -2.07. The highest BCUT2D eigenvalue weighted by molar-refractivity contribution is 8.00. The minimum Gasteiger partial charge on any atom is -0.494 e. The van der Waals surface area contributed by atoms with Crippen molar-refractivity contribution in [3.05, 3.63) is 46.2 Å². The molecule has 1 aromatic carbocycles. The van der Waals surface area contributed by atoms with E-state index in [1.807, 2.05) is 6.26 Å². The van der Waals surface area contributed by atoms with E-state index < -0.39 is 11.8 Å². The van der Waals surface area contributed by atoms with Crippen LogP contribution in [0.5, 0.6) is 5.75 Å². The molecule has 0 aliphatic rings. The molecule has 8 heteroatoms. The smallest absolute Gasteiger partial charge is 0.307 e. The highest BCUT2D eigenvalue weighted by Crippen LogP contribution is 2.34. The summed E-state index contributed by atoms with van der Waals surface area (Å²) in [7, 11) is 1.34. The molecule has 0 fully saturated rings. The van der Waals surface area contributed by atoms with Crippen LogP contribution < -0.4 is 4.74 Å². The van der Waals surface area contributed by atoms with E-state index in [9.17, 15) is 19.1 Å². The van der Waals surface area contributed by atoms with Gasteiger partial charge in [0, 0.05) is 16.5 Å². The molecule has 0 saturated carbocycles. The number of aliphatic carboxylic acids is 1. The summed E-state index contributed by atoms with van der Waals surface area (Å²) < 4.78 is 22.2. The average molecular weight is 393 g/mol. The Morgan fingerprint density at radius 2 is 2.12 bits per heavy atom. The SMILES string of the molecule is COc1ccc2c(c1F)c(CC(=O)O)c(C)n2C(=O)c1csc(SC)c1. The molecule has 3 rings (SSSR count). The molecule has 136 valence electrons. The normalized spacial score (nSPS) is 11.1. The largest absolute Gasteiger partial charge is 0.494 e. The summed E-state index contributed by atoms with van der Waals surface area (Å²) in [5.74, 6) is -2.06. The molecule has 5 nitrogen and oxygen atoms in total. The first-order chi connectivity index (χ1) is 12.4. The van der Waals surface area contributed by atoms with Crippen LogP contribution in [-0.2, 0) is 11.2 Å². The van der Waals surface area contributed by atoms with Gasteiger partial charge in [-0.25, -0.2) is 4.39 Å². The lowest BCUT2D eigenvalue weighted by molar-refractivity contribution is -0.136. The van der Waals surface area contributed by atoms with E-state index in [1.165, 1.54) is 40.8 Å². The number of hydrogen-bond acceptors (Lipinski definition) is 5. The quantitative estimate of drug-likeness (QED) is 0.658. The fourth-order valence-electron chi connectivity index (χ4n) is 2.97. The molecule has 2 aromatic heterocycles. The average Bonchev–Trinajstić information content (AvgIpc) is 3.18. The number of methoxy groups -OCH3 is 1. The summed E-state index contributed by atoms with van der Waals surface area (Å²) in [5, 5.41) is 11.1. The monoisotopic (exact) mass is 393 g/mol. The molecule has 0 bridgehead atoms. The second-order valence-electron chi connectivity index (χ2n) is 5.61. The zero-order valence-corrected chi connectivity index (χ0v) is 16.0. The van der Waals surface area contributed by atoms with Gasteiger partial charge < -0.3 is 9.84 Å². The molecule has 26 heavy (non-hydrogen) atoms. The van der Waals surface area contributed by atoms with Crippen LogP contribution in [0.4, 0.5) is 4.39 Å². The van der Waals surface area contributed by atoms with Crippen molar-refractivity contribution in [3.63, 3.8) is 0 Å². The number of aromatic nitrogens is 1. The number of rotatable bonds is 5. The van der Waals surface area contributed by atoms with Gasteiger partial charge in [-0.1, -0.05) is 0 Å². The number of nitrogens with zero attached hydrogens (tertiary/aromatic N) is 1. The van der Waals surface area contributed by atoms with Gasteiger partial charge in [0.15, 0.2) is 11.6 Å². The van der Waals surface area contributed by atoms with Gasteiger partial charge in [-0.15, -0.1) is 23.1 Å². The first-order valence-corrected chi connectivity index (χ1v) is 9.74. The first kappa shape index (κ1) is 18.5. The Hall–Kier alpha value is -2.32. The number of carboxylic acid groups (broad SMARTS) is 1. The van der Waals surface area contributed by atoms with Crippen molar-refractivity contribution in [1.29, 1.82) is 0 Å². The van der Waals surface area contributed by atoms with Crippen molar-refractivity contribution in [3.8, 4) is 5.75 Å². The van der Waals surface area contributed by atoms with E-state index in [1.54, 1.807) is 24.4 Å². The fraction of sp³-hybridized carbons (Fsp3) is 0.222. The molecule has 3 aromatic rings. The van der Waals surface area contributed by atoms with Crippen LogP contribution in [0.2, 0.25) is 0 Å². The van der Waals surface area contributed by atoms with Crippen molar-refractivity contribution in [2.45, 2.75) is 17.6 Å². The highest BCUT2D eigenvalue weighted by Gasteiger charge is 2.25. The standard InChI is InChI=1S/C18H16FNO4S2/c1-9-11(7-14(21)22)16-12(4-5-13(24-2)17(16)19)20(9)18(23)10-6-15(25-3)26-8-10/h4-6,8H,7H2,1-3H3,(H,21,22). The number of benzene rings is 1. The molecular weight excluding hydrogens is 377 g/mol. The third kappa shape index (κ3) is 2.99. The molecule has 2 heterocycles. The molecule has 0 atom stereocenters. The van der Waals surface area contributed by atoms with E-state index >= 15 is 0 Å². The molecule has 0 unspecified atom stereocenters. The Kier molecular flexibility index (Phi) is 5.06. The summed E-state index contributed by atoms with van der Waals surface area (Å²) in [4.78, 5) is 24.3. The zero-order valence-electron chi connectivity index (χ0n) is 14.3. The maximum atomic E-state index is 14.9. The first-order valence-electron chi connectivity index (χ1n) is 7.64. The van der Waals surface area contributed by atoms with Crippen molar-refractivity contribution < 1.29 is 23.8 Å². The molecule has 0 radical (unpaired) electrons. The Morgan fingerprint density at radius 1 is 1.38 bits per heavy atom. The Morgan fingerprint density at radius 3 is 2.69 bits per heavy atom. The number of fused-ring (bicyclic) bond motifs is 1. The number of carboxylic acids is 1. The summed E-state index contributed by atoms with van der Waals surface area (Å²) in [6, 6.07) is 4.79. The van der Waals surface area contributed by atoms with Gasteiger partial charge in [0.05, 0.1) is 28.8 Å². The number of thioether (sulfide) groups is 1. The number of thiophene rings is 1. The third-order valence-corrected chi connectivity index (χ3v) is 6.20. The third-order valence-electron chi connectivity index (χ3n) is 4.17. The van der Waals surface area contributed by atoms with E-state index in [-0.39, 0.29) is 29.0 Å². The Balaban J connectivity index is 2.28. The van der Waals surface area contributed by atoms with Crippen molar-refractivity contribution in [2.75, 3.05) is 13.4 Å². The van der Waals surface area contributed by atoms with Gasteiger partial charge in [0.2, 0.25) is 0 Å². The van der Waals surface area contributed by atoms with Gasteiger partial charge in [0.25, 0.3) is 5.91 Å². The predicted octanol–water partition coefficient (Wildman–Crippen LogP) is 4.20. The summed E-state index contributed by atoms with van der Waals surface area (Å²) in [5.41, 5.74) is 1.51. The van der Waals surface area contributed by atoms with Gasteiger partial charge in [-0.2, -0.15) is 0 Å². The molecule has 1 N–H and O–H groups in total. The fourth-order valence-corrected chi connectivity index (χ4v) is 4.35. The lowest BCUT2D eigenvalue weighted by Crippen LogP contribution is -2.13. The van der Waals surface area contributed by atoms with E-state index in [4.69, 9.17) is 4.74 Å². The summed E-state index contributed by atoms with van der Waals surface area (Å²) in [6.45, 7) is 1.63. The topological polar surface area (TPSA) is 68.5 Å². The Bertz CT molecular complexity index is 1020. The summed E-state index contributed by atoms with van der Waals surface area (Å²) in [6.07, 6.45) is 1.54. The number of carbonyl (C=O) groups is 2. The molecule has 0 aliphatic carbocycles. The molecule has 0 spiro atoms. The maximum Gasteiger partial charge on any atom is 0.307 e. The van der Waals surface area contributed by atoms with Crippen LogP contribution in [0.15, 0.2) is 27.8 Å². The number of carbonyl (C=O) groups excluding carboxylic acids is 1. The Labute approximate surface area is 157 Å². The van der Waals surface area contributed by atoms with Gasteiger partial charge >= 0.3 is 5.97 Å². The van der Waals surface area contributed by atoms with Gasteiger partial charge in [-0.3, -0.25) is 14.2 Å². The van der Waals surface area contributed by atoms with Crippen LogP contribution in [0.3, 0.4) is 0 Å². The molecule has 0 amide bonds. The minimum absolute atomic E-state index is 0.00828. The second kappa shape index (κ2) is 7.13. The zero-order chi connectivity index (χ0) is 19.0. The maximum absolute atomic E-state index is 14.9. The van der Waals surface area contributed by atoms with Crippen LogP contribution in [0.25, 0.3) is 10.9 Å². The van der Waals surface area contributed by atoms with E-state index in [0.717, 1.165) is 4.21 Å². The van der Waals surface area contributed by atoms with Crippen LogP contribution in [0.1, 0.15) is 21.6 Å². The highest BCUT2D eigenvalue weighted by atomic mass is 32.2. The van der Waals surface area contributed by atoms with Gasteiger partial charge in [0.1, 0.15) is 0 Å². The second-order valence-corrected chi connectivity index (χ2v) is 7.63. The number of hydrogen-bond donors (Lipinski definition) is 1. The van der Waals surface area contributed by atoms with E-state index in [0.29, 0.717) is 16.8 Å². The number of ether oxygens (including phenoxy) is 1. The molecular formula is C18H16FNO4S2. The van der Waals surface area contributed by atoms with Gasteiger partial charge in [-0.05, 0) is 36.9 Å². The minimum atomic E-state index is -1.10. The number of halogens is 1. The predicted molar refractivity (Wildman–Crippen MR) is 100 cm³/mol. The van der Waals surface area contributed by atoms with Crippen LogP contribution >= 0.6 is 23.1 Å². The van der Waals surface area contributed by atoms with E-state index in [2.05, 4.69) is 0 Å². The van der Waals surface area contributed by atoms with Crippen LogP contribution in [-0.4, -0.2) is 34.9 Å².